The van der Waals surface area contributed by atoms with Gasteiger partial charge in [0.1, 0.15) is 5.69 Å². The van der Waals surface area contributed by atoms with Gasteiger partial charge in [-0.3, -0.25) is 14.7 Å². The molecule has 0 spiro atoms. The van der Waals surface area contributed by atoms with Crippen molar-refractivity contribution in [3.8, 4) is 0 Å². The average molecular weight is 364 g/mol. The highest BCUT2D eigenvalue weighted by Crippen LogP contribution is 2.28. The molecule has 6 heteroatoms. The third-order valence-electron chi connectivity index (χ3n) is 5.40. The number of benzene rings is 1. The standard InChI is InChI=1S/C21H24N4O2/c1-13(2)17-11-18(24-23-17)14-7-9-25(10-8-14)21(27)19-12-20(26)15-5-3-4-6-16(15)22-19/h3-6,11-14H,7-10H2,1-2H3,(H,22,26)(H,23,24). The molecule has 3 heterocycles. The molecule has 0 radical (unpaired) electrons. The van der Waals surface area contributed by atoms with Crippen molar-refractivity contribution in [2.24, 2.45) is 0 Å². The Balaban J connectivity index is 1.48. The molecule has 6 nitrogen and oxygen atoms in total. The van der Waals surface area contributed by atoms with Gasteiger partial charge in [0.2, 0.25) is 0 Å². The fraction of sp³-hybridized carbons (Fsp3) is 0.381. The first kappa shape index (κ1) is 17.5. The lowest BCUT2D eigenvalue weighted by molar-refractivity contribution is 0.0706. The van der Waals surface area contributed by atoms with Crippen LogP contribution in [-0.4, -0.2) is 39.1 Å². The number of rotatable bonds is 3. The largest absolute Gasteiger partial charge is 0.350 e. The Morgan fingerprint density at radius 3 is 2.63 bits per heavy atom. The van der Waals surface area contributed by atoms with Crippen LogP contribution >= 0.6 is 0 Å². The normalized spacial score (nSPS) is 15.6. The van der Waals surface area contributed by atoms with Gasteiger partial charge in [0, 0.05) is 41.7 Å². The monoisotopic (exact) mass is 364 g/mol. The van der Waals surface area contributed by atoms with Crippen molar-refractivity contribution in [1.29, 1.82) is 0 Å². The molecule has 2 aromatic heterocycles. The number of fused-ring (bicyclic) bond motifs is 1. The highest BCUT2D eigenvalue weighted by molar-refractivity contribution is 5.94. The molecule has 0 bridgehead atoms. The Bertz CT molecular complexity index is 1030. The summed E-state index contributed by atoms with van der Waals surface area (Å²) >= 11 is 0. The van der Waals surface area contributed by atoms with Gasteiger partial charge in [-0.05, 0) is 37.0 Å². The summed E-state index contributed by atoms with van der Waals surface area (Å²) in [5, 5.41) is 8.15. The fourth-order valence-electron chi connectivity index (χ4n) is 3.73. The van der Waals surface area contributed by atoms with E-state index in [1.165, 1.54) is 6.07 Å². The first-order chi connectivity index (χ1) is 13.0. The predicted octanol–water partition coefficient (Wildman–Crippen LogP) is 3.39. The molecule has 0 unspecified atom stereocenters. The Morgan fingerprint density at radius 1 is 1.19 bits per heavy atom. The number of piperidine rings is 1. The number of hydrogen-bond acceptors (Lipinski definition) is 3. The number of carbonyl (C=O) groups excluding carboxylic acids is 1. The summed E-state index contributed by atoms with van der Waals surface area (Å²) in [6, 6.07) is 10.8. The number of carbonyl (C=O) groups is 1. The molecule has 1 fully saturated rings. The number of pyridine rings is 1. The van der Waals surface area contributed by atoms with E-state index in [-0.39, 0.29) is 11.3 Å². The molecule has 1 aliphatic heterocycles. The van der Waals surface area contributed by atoms with Crippen molar-refractivity contribution in [1.82, 2.24) is 20.1 Å². The van der Waals surface area contributed by atoms with Crippen LogP contribution < -0.4 is 5.43 Å². The molecular weight excluding hydrogens is 340 g/mol. The zero-order valence-corrected chi connectivity index (χ0v) is 15.7. The van der Waals surface area contributed by atoms with Gasteiger partial charge in [0.25, 0.3) is 5.91 Å². The van der Waals surface area contributed by atoms with Gasteiger partial charge < -0.3 is 9.88 Å². The van der Waals surface area contributed by atoms with E-state index in [2.05, 4.69) is 35.1 Å². The van der Waals surface area contributed by atoms with Gasteiger partial charge in [0.05, 0.1) is 5.69 Å². The highest BCUT2D eigenvalue weighted by Gasteiger charge is 2.26. The van der Waals surface area contributed by atoms with Crippen LogP contribution in [0.5, 0.6) is 0 Å². The summed E-state index contributed by atoms with van der Waals surface area (Å²) in [5.41, 5.74) is 3.17. The second-order valence-corrected chi connectivity index (χ2v) is 7.56. The van der Waals surface area contributed by atoms with Crippen molar-refractivity contribution in [2.75, 3.05) is 13.1 Å². The van der Waals surface area contributed by atoms with E-state index >= 15 is 0 Å². The minimum atomic E-state index is -0.124. The minimum Gasteiger partial charge on any atom is -0.350 e. The second-order valence-electron chi connectivity index (χ2n) is 7.56. The summed E-state index contributed by atoms with van der Waals surface area (Å²) in [4.78, 5) is 30.1. The first-order valence-electron chi connectivity index (χ1n) is 9.49. The van der Waals surface area contributed by atoms with Gasteiger partial charge in [-0.1, -0.05) is 26.0 Å². The first-order valence-corrected chi connectivity index (χ1v) is 9.49. The highest BCUT2D eigenvalue weighted by atomic mass is 16.2. The van der Waals surface area contributed by atoms with Crippen LogP contribution in [0.25, 0.3) is 10.9 Å². The Kier molecular flexibility index (Phi) is 4.56. The third-order valence-corrected chi connectivity index (χ3v) is 5.40. The quantitative estimate of drug-likeness (QED) is 0.747. The lowest BCUT2D eigenvalue weighted by Gasteiger charge is -2.31. The molecule has 1 saturated heterocycles. The van der Waals surface area contributed by atoms with E-state index in [1.54, 1.807) is 6.07 Å². The third kappa shape index (κ3) is 3.39. The molecular formula is C21H24N4O2. The van der Waals surface area contributed by atoms with Crippen molar-refractivity contribution in [3.63, 3.8) is 0 Å². The maximum absolute atomic E-state index is 12.9. The van der Waals surface area contributed by atoms with Crippen LogP contribution in [0.3, 0.4) is 0 Å². The van der Waals surface area contributed by atoms with Crippen LogP contribution in [-0.2, 0) is 0 Å². The van der Waals surface area contributed by atoms with Crippen LogP contribution in [0.1, 0.15) is 60.4 Å². The topological polar surface area (TPSA) is 81.9 Å². The Hall–Kier alpha value is -2.89. The van der Waals surface area contributed by atoms with E-state index < -0.39 is 0 Å². The molecule has 0 aliphatic carbocycles. The van der Waals surface area contributed by atoms with Crippen LogP contribution in [0.4, 0.5) is 0 Å². The van der Waals surface area contributed by atoms with Gasteiger partial charge in [0.15, 0.2) is 5.43 Å². The van der Waals surface area contributed by atoms with Crippen molar-refractivity contribution < 1.29 is 4.79 Å². The number of aromatic nitrogens is 3. The molecule has 1 amide bonds. The minimum absolute atomic E-state index is 0.108. The fourth-order valence-corrected chi connectivity index (χ4v) is 3.73. The lowest BCUT2D eigenvalue weighted by atomic mass is 9.92. The van der Waals surface area contributed by atoms with Gasteiger partial charge >= 0.3 is 0 Å². The number of hydrogen-bond donors (Lipinski definition) is 2. The molecule has 1 aromatic carbocycles. The van der Waals surface area contributed by atoms with Crippen molar-refractivity contribution >= 4 is 16.8 Å². The van der Waals surface area contributed by atoms with Crippen LogP contribution in [0.15, 0.2) is 41.2 Å². The average Bonchev–Trinajstić information content (AvgIpc) is 3.18. The summed E-state index contributed by atoms with van der Waals surface area (Å²) in [7, 11) is 0. The number of para-hydroxylation sites is 1. The zero-order valence-electron chi connectivity index (χ0n) is 15.7. The van der Waals surface area contributed by atoms with Gasteiger partial charge in [-0.25, -0.2) is 0 Å². The van der Waals surface area contributed by atoms with Crippen molar-refractivity contribution in [3.05, 3.63) is 63.7 Å². The van der Waals surface area contributed by atoms with Crippen LogP contribution in [0, 0.1) is 0 Å². The van der Waals surface area contributed by atoms with Gasteiger partial charge in [-0.2, -0.15) is 5.10 Å². The molecule has 0 atom stereocenters. The summed E-state index contributed by atoms with van der Waals surface area (Å²) in [5.74, 6) is 0.690. The molecule has 27 heavy (non-hydrogen) atoms. The second kappa shape index (κ2) is 7.02. The van der Waals surface area contributed by atoms with E-state index in [4.69, 9.17) is 0 Å². The Labute approximate surface area is 157 Å². The molecule has 140 valence electrons. The maximum atomic E-state index is 12.9. The number of likely N-dealkylation sites (tertiary alicyclic amines) is 1. The summed E-state index contributed by atoms with van der Waals surface area (Å²) < 4.78 is 0. The smallest absolute Gasteiger partial charge is 0.270 e. The molecule has 2 N–H and O–H groups in total. The summed E-state index contributed by atoms with van der Waals surface area (Å²) in [6.07, 6.45) is 1.78. The predicted molar refractivity (Wildman–Crippen MR) is 105 cm³/mol. The molecule has 1 aliphatic rings. The van der Waals surface area contributed by atoms with E-state index in [1.807, 2.05) is 23.1 Å². The van der Waals surface area contributed by atoms with E-state index in [9.17, 15) is 9.59 Å². The lowest BCUT2D eigenvalue weighted by Crippen LogP contribution is -2.38. The molecule has 4 rings (SSSR count). The number of amides is 1. The zero-order chi connectivity index (χ0) is 19.0. The number of nitrogens with one attached hydrogen (secondary N) is 2. The maximum Gasteiger partial charge on any atom is 0.270 e. The van der Waals surface area contributed by atoms with Crippen molar-refractivity contribution in [2.45, 2.75) is 38.5 Å². The van der Waals surface area contributed by atoms with E-state index in [0.717, 1.165) is 24.2 Å². The Morgan fingerprint density at radius 2 is 1.93 bits per heavy atom. The number of aromatic amines is 2. The number of nitrogens with zero attached hydrogens (tertiary/aromatic N) is 2. The molecule has 0 saturated carbocycles. The van der Waals surface area contributed by atoms with E-state index in [0.29, 0.717) is 41.5 Å². The van der Waals surface area contributed by atoms with Gasteiger partial charge in [-0.15, -0.1) is 0 Å². The SMILES string of the molecule is CC(C)c1cc(C2CCN(C(=O)c3cc(=O)c4ccccc4[nH]3)CC2)[nH]n1. The molecule has 3 aromatic rings. The van der Waals surface area contributed by atoms with Crippen LogP contribution in [0.2, 0.25) is 0 Å². The number of H-pyrrole nitrogens is 2. The summed E-state index contributed by atoms with van der Waals surface area (Å²) in [6.45, 7) is 5.61.